The van der Waals surface area contributed by atoms with Crippen molar-refractivity contribution >= 4 is 29.5 Å². The molecule has 2 amide bonds. The maximum absolute atomic E-state index is 12.5. The lowest BCUT2D eigenvalue weighted by atomic mass is 10.0. The number of carbonyl (C=O) groups is 2. The molecule has 2 fully saturated rings. The molecule has 10 nitrogen and oxygen atoms in total. The van der Waals surface area contributed by atoms with E-state index in [-0.39, 0.29) is 23.4 Å². The first kappa shape index (κ1) is 27.3. The number of imide groups is 1. The van der Waals surface area contributed by atoms with Gasteiger partial charge in [-0.1, -0.05) is 37.2 Å². The maximum Gasteiger partial charge on any atom is 0.418 e. The highest BCUT2D eigenvalue weighted by molar-refractivity contribution is 6.13. The topological polar surface area (TPSA) is 154 Å². The summed E-state index contributed by atoms with van der Waals surface area (Å²) in [4.78, 5) is 33.0. The quantitative estimate of drug-likeness (QED) is 0.398. The Bertz CT molecular complexity index is 1440. The Labute approximate surface area is 227 Å². The van der Waals surface area contributed by atoms with Crippen LogP contribution in [0.5, 0.6) is 11.5 Å². The smallest absolute Gasteiger partial charge is 0.418 e. The Hall–Kier alpha value is -4.78. The third kappa shape index (κ3) is 7.17. The van der Waals surface area contributed by atoms with Gasteiger partial charge in [0, 0.05) is 29.7 Å². The molecule has 2 aliphatic rings. The molecule has 0 saturated heterocycles. The molecular formula is C29H31N5O5. The number of hydrogen-bond donors (Lipinski definition) is 3. The zero-order valence-corrected chi connectivity index (χ0v) is 21.9. The molecule has 0 atom stereocenters. The third-order valence-electron chi connectivity index (χ3n) is 5.99. The van der Waals surface area contributed by atoms with Gasteiger partial charge in [0.15, 0.2) is 11.5 Å². The minimum Gasteiger partial charge on any atom is -0.493 e. The van der Waals surface area contributed by atoms with E-state index in [1.807, 2.05) is 12.1 Å². The Morgan fingerprint density at radius 2 is 1.82 bits per heavy atom. The van der Waals surface area contributed by atoms with Crippen molar-refractivity contribution in [1.82, 2.24) is 9.97 Å². The van der Waals surface area contributed by atoms with Crippen molar-refractivity contribution in [3.63, 3.8) is 0 Å². The Balaban J connectivity index is 0.00000110. The molecule has 5 N–H and O–H groups in total. The van der Waals surface area contributed by atoms with Crippen molar-refractivity contribution < 1.29 is 24.2 Å². The number of ether oxygens (including phenoxy) is 2. The van der Waals surface area contributed by atoms with Crippen LogP contribution < -0.4 is 25.8 Å². The van der Waals surface area contributed by atoms with Crippen LogP contribution in [0.2, 0.25) is 0 Å². The molecule has 2 aliphatic carbocycles. The summed E-state index contributed by atoms with van der Waals surface area (Å²) in [5, 5.41) is 9.60. The van der Waals surface area contributed by atoms with Gasteiger partial charge >= 0.3 is 6.09 Å². The Morgan fingerprint density at radius 3 is 2.41 bits per heavy atom. The lowest BCUT2D eigenvalue weighted by Gasteiger charge is -2.17. The van der Waals surface area contributed by atoms with Gasteiger partial charge in [-0.3, -0.25) is 4.79 Å². The van der Waals surface area contributed by atoms with E-state index in [2.05, 4.69) is 21.8 Å². The number of nitrogens with zero attached hydrogens (tertiary/aromatic N) is 3. The van der Waals surface area contributed by atoms with E-state index >= 15 is 0 Å². The molecule has 202 valence electrons. The van der Waals surface area contributed by atoms with Gasteiger partial charge in [-0.15, -0.1) is 0 Å². The number of nitrogens with two attached hydrogens (primary N) is 2. The van der Waals surface area contributed by atoms with Crippen LogP contribution in [-0.4, -0.2) is 41.3 Å². The van der Waals surface area contributed by atoms with Gasteiger partial charge in [-0.05, 0) is 48.7 Å². The molecule has 5 rings (SSSR count). The molecule has 0 spiro atoms. The number of rotatable bonds is 6. The van der Waals surface area contributed by atoms with Crippen LogP contribution >= 0.6 is 0 Å². The zero-order chi connectivity index (χ0) is 27.9. The predicted octanol–water partition coefficient (Wildman–Crippen LogP) is 4.24. The van der Waals surface area contributed by atoms with Crippen LogP contribution in [0, 0.1) is 17.8 Å². The van der Waals surface area contributed by atoms with Gasteiger partial charge in [-0.25, -0.2) is 14.7 Å². The van der Waals surface area contributed by atoms with E-state index in [1.165, 1.54) is 33.5 Å². The van der Waals surface area contributed by atoms with Crippen molar-refractivity contribution in [3.05, 3.63) is 64.8 Å². The number of anilines is 3. The highest BCUT2D eigenvalue weighted by Gasteiger charge is 2.37. The molecule has 1 heterocycles. The summed E-state index contributed by atoms with van der Waals surface area (Å²) in [5.74, 6) is 6.76. The normalized spacial score (nSPS) is 13.2. The summed E-state index contributed by atoms with van der Waals surface area (Å²) in [6.07, 6.45) is 6.57. The Morgan fingerprint density at radius 1 is 1.08 bits per heavy atom. The second kappa shape index (κ2) is 12.2. The van der Waals surface area contributed by atoms with E-state index < -0.39 is 12.0 Å². The molecule has 10 heteroatoms. The van der Waals surface area contributed by atoms with E-state index in [1.54, 1.807) is 30.5 Å². The van der Waals surface area contributed by atoms with Crippen molar-refractivity contribution in [2.75, 3.05) is 30.6 Å². The minimum absolute atomic E-state index is 0.0950. The highest BCUT2D eigenvalue weighted by atomic mass is 16.5. The van der Waals surface area contributed by atoms with Gasteiger partial charge in [0.05, 0.1) is 25.5 Å². The molecule has 39 heavy (non-hydrogen) atoms. The molecule has 0 aliphatic heterocycles. The number of methoxy groups -OCH3 is 2. The number of carboxylic acid groups (broad SMARTS) is 1. The molecule has 3 aromatic rings. The maximum atomic E-state index is 12.5. The second-order valence-corrected chi connectivity index (χ2v) is 9.29. The lowest BCUT2D eigenvalue weighted by molar-refractivity contribution is -0.119. The number of benzene rings is 2. The van der Waals surface area contributed by atoms with Crippen LogP contribution in [0.15, 0.2) is 42.6 Å². The van der Waals surface area contributed by atoms with Crippen LogP contribution in [0.25, 0.3) is 0 Å². The van der Waals surface area contributed by atoms with Gasteiger partial charge in [-0.2, -0.15) is 4.98 Å². The second-order valence-electron chi connectivity index (χ2n) is 9.29. The zero-order valence-electron chi connectivity index (χ0n) is 21.9. The largest absolute Gasteiger partial charge is 0.493 e. The first-order valence-corrected chi connectivity index (χ1v) is 12.6. The van der Waals surface area contributed by atoms with Crippen LogP contribution in [-0.2, 0) is 11.2 Å². The summed E-state index contributed by atoms with van der Waals surface area (Å²) in [5.41, 5.74) is 14.4. The average Bonchev–Trinajstić information content (AvgIpc) is 3.81. The molecule has 2 aromatic carbocycles. The summed E-state index contributed by atoms with van der Waals surface area (Å²) < 4.78 is 11.0. The van der Waals surface area contributed by atoms with E-state index in [0.29, 0.717) is 47.5 Å². The number of aromatic nitrogens is 2. The summed E-state index contributed by atoms with van der Waals surface area (Å²) in [7, 11) is 3.05. The molecule has 0 bridgehead atoms. The van der Waals surface area contributed by atoms with Crippen molar-refractivity contribution in [2.45, 2.75) is 38.5 Å². The number of hydrogen-bond acceptors (Lipinski definition) is 8. The number of nitrogen functional groups attached to an aromatic ring is 2. The van der Waals surface area contributed by atoms with Crippen molar-refractivity contribution in [3.8, 4) is 23.3 Å². The predicted molar refractivity (Wildman–Crippen MR) is 148 cm³/mol. The van der Waals surface area contributed by atoms with E-state index in [0.717, 1.165) is 10.5 Å². The summed E-state index contributed by atoms with van der Waals surface area (Å²) in [6.45, 7) is 0. The standard InChI is InChI=1S/C26H25N5O5.C3H6/c1-35-21-13-16(11-19-14-29-25(28)30-23(19)27)10-18(22(21)36-2)7-6-15-4-3-5-20(12-15)31(26(33)34)24(32)17-8-9-17;1-2-3-1/h3-5,10,12-14,17H,8-9,11H2,1-2H3,(H,33,34)(H4,27,28,29,30);1-3H2. The molecule has 0 unspecified atom stereocenters. The van der Waals surface area contributed by atoms with Crippen LogP contribution in [0.4, 0.5) is 22.2 Å². The third-order valence-corrected chi connectivity index (χ3v) is 5.99. The van der Waals surface area contributed by atoms with Crippen LogP contribution in [0.1, 0.15) is 54.4 Å². The first-order valence-electron chi connectivity index (χ1n) is 12.6. The molecule has 2 saturated carbocycles. The Kier molecular flexibility index (Phi) is 8.51. The van der Waals surface area contributed by atoms with Crippen LogP contribution in [0.3, 0.4) is 0 Å². The fourth-order valence-corrected chi connectivity index (χ4v) is 3.71. The summed E-state index contributed by atoms with van der Waals surface area (Å²) in [6, 6.07) is 10.2. The van der Waals surface area contributed by atoms with Gasteiger partial charge in [0.1, 0.15) is 5.82 Å². The minimum atomic E-state index is -1.32. The van der Waals surface area contributed by atoms with Crippen molar-refractivity contribution in [2.24, 2.45) is 5.92 Å². The average molecular weight is 530 g/mol. The number of carbonyl (C=O) groups excluding carboxylic acids is 1. The van der Waals surface area contributed by atoms with Gasteiger partial charge in [0.25, 0.3) is 0 Å². The molecule has 1 aromatic heterocycles. The van der Waals surface area contributed by atoms with E-state index in [9.17, 15) is 14.7 Å². The van der Waals surface area contributed by atoms with Crippen molar-refractivity contribution in [1.29, 1.82) is 0 Å². The SMILES string of the molecule is C1CC1.COc1cc(Cc2cnc(N)nc2N)cc(C#Cc2cccc(N(C(=O)O)C(=O)C3CC3)c2)c1OC. The lowest BCUT2D eigenvalue weighted by Crippen LogP contribution is -2.36. The first-order chi connectivity index (χ1) is 18.8. The monoisotopic (exact) mass is 529 g/mol. The molecular weight excluding hydrogens is 498 g/mol. The van der Waals surface area contributed by atoms with Gasteiger partial charge < -0.3 is 26.0 Å². The number of amides is 2. The summed E-state index contributed by atoms with van der Waals surface area (Å²) >= 11 is 0. The molecule has 0 radical (unpaired) electrons. The fraction of sp³-hybridized carbons (Fsp3) is 0.310. The van der Waals surface area contributed by atoms with Gasteiger partial charge in [0.2, 0.25) is 11.9 Å². The van der Waals surface area contributed by atoms with E-state index in [4.69, 9.17) is 20.9 Å². The fourth-order valence-electron chi connectivity index (χ4n) is 3.71. The highest BCUT2D eigenvalue weighted by Crippen LogP contribution is 2.34.